The highest BCUT2D eigenvalue weighted by Crippen LogP contribution is 2.24. The lowest BCUT2D eigenvalue weighted by Gasteiger charge is -2.10. The van der Waals surface area contributed by atoms with Crippen LogP contribution in [-0.2, 0) is 13.0 Å². The zero-order valence-corrected chi connectivity index (χ0v) is 12.5. The number of aliphatic hydroxyl groups excluding tert-OH is 1. The van der Waals surface area contributed by atoms with Crippen molar-refractivity contribution in [3.63, 3.8) is 0 Å². The fourth-order valence-electron chi connectivity index (χ4n) is 2.65. The van der Waals surface area contributed by atoms with E-state index in [9.17, 15) is 0 Å². The highest BCUT2D eigenvalue weighted by molar-refractivity contribution is 5.62. The summed E-state index contributed by atoms with van der Waals surface area (Å²) < 4.78 is 2.16. The molecule has 112 valence electrons. The standard InChI is InChI=1S/C19H20N2O/c22-13-7-12-21-15-20-19(17-10-5-2-6-11-17)18(21)14-16-8-3-1-4-9-16/h1-6,8-11,15,22H,7,12-14H2. The van der Waals surface area contributed by atoms with E-state index in [-0.39, 0.29) is 6.61 Å². The Balaban J connectivity index is 1.98. The largest absolute Gasteiger partial charge is 0.396 e. The molecule has 1 aromatic heterocycles. The first-order valence-electron chi connectivity index (χ1n) is 7.62. The van der Waals surface area contributed by atoms with Gasteiger partial charge in [0.1, 0.15) is 0 Å². The van der Waals surface area contributed by atoms with E-state index >= 15 is 0 Å². The van der Waals surface area contributed by atoms with Crippen LogP contribution in [0.15, 0.2) is 67.0 Å². The fraction of sp³-hybridized carbons (Fsp3) is 0.211. The van der Waals surface area contributed by atoms with E-state index < -0.39 is 0 Å². The van der Waals surface area contributed by atoms with Gasteiger partial charge in [-0.15, -0.1) is 0 Å². The molecule has 1 N–H and O–H groups in total. The van der Waals surface area contributed by atoms with Gasteiger partial charge < -0.3 is 9.67 Å². The second kappa shape index (κ2) is 7.05. The van der Waals surface area contributed by atoms with Gasteiger partial charge in [-0.25, -0.2) is 4.98 Å². The average Bonchev–Trinajstić information content (AvgIpc) is 2.97. The van der Waals surface area contributed by atoms with Crippen molar-refractivity contribution in [2.45, 2.75) is 19.4 Å². The first kappa shape index (κ1) is 14.5. The van der Waals surface area contributed by atoms with E-state index in [1.165, 1.54) is 11.3 Å². The lowest BCUT2D eigenvalue weighted by atomic mass is 10.0. The zero-order chi connectivity index (χ0) is 15.2. The molecule has 0 unspecified atom stereocenters. The summed E-state index contributed by atoms with van der Waals surface area (Å²) in [6, 6.07) is 20.7. The Morgan fingerprint density at radius 2 is 1.59 bits per heavy atom. The van der Waals surface area contributed by atoms with E-state index in [4.69, 9.17) is 5.11 Å². The molecule has 3 aromatic rings. The van der Waals surface area contributed by atoms with E-state index in [0.29, 0.717) is 0 Å². The topological polar surface area (TPSA) is 38.0 Å². The van der Waals surface area contributed by atoms with Crippen LogP contribution in [0.4, 0.5) is 0 Å². The molecule has 0 atom stereocenters. The molecule has 0 aliphatic heterocycles. The molecule has 1 heterocycles. The van der Waals surface area contributed by atoms with Gasteiger partial charge >= 0.3 is 0 Å². The van der Waals surface area contributed by atoms with Gasteiger partial charge in [-0.3, -0.25) is 0 Å². The van der Waals surface area contributed by atoms with Crippen LogP contribution < -0.4 is 0 Å². The van der Waals surface area contributed by atoms with Crippen molar-refractivity contribution in [2.75, 3.05) is 6.61 Å². The molecule has 2 aromatic carbocycles. The third-order valence-electron chi connectivity index (χ3n) is 3.77. The summed E-state index contributed by atoms with van der Waals surface area (Å²) in [4.78, 5) is 4.62. The first-order valence-corrected chi connectivity index (χ1v) is 7.62. The highest BCUT2D eigenvalue weighted by atomic mass is 16.3. The molecule has 3 rings (SSSR count). The zero-order valence-electron chi connectivity index (χ0n) is 12.5. The number of imidazole rings is 1. The Morgan fingerprint density at radius 1 is 0.909 bits per heavy atom. The Hall–Kier alpha value is -2.39. The van der Waals surface area contributed by atoms with Crippen molar-refractivity contribution in [2.24, 2.45) is 0 Å². The summed E-state index contributed by atoms with van der Waals surface area (Å²) in [5.41, 5.74) is 4.63. The van der Waals surface area contributed by atoms with Crippen molar-refractivity contribution < 1.29 is 5.11 Å². The smallest absolute Gasteiger partial charge is 0.0956 e. The van der Waals surface area contributed by atoms with E-state index in [0.717, 1.165) is 30.6 Å². The Morgan fingerprint density at radius 3 is 2.27 bits per heavy atom. The van der Waals surface area contributed by atoms with Gasteiger partial charge in [0.05, 0.1) is 12.0 Å². The maximum atomic E-state index is 9.10. The third-order valence-corrected chi connectivity index (χ3v) is 3.77. The molecular weight excluding hydrogens is 272 g/mol. The summed E-state index contributed by atoms with van der Waals surface area (Å²) in [6.45, 7) is 0.988. The van der Waals surface area contributed by atoms with Gasteiger partial charge in [-0.2, -0.15) is 0 Å². The summed E-state index contributed by atoms with van der Waals surface area (Å²) in [5, 5.41) is 9.10. The van der Waals surface area contributed by atoms with Crippen molar-refractivity contribution in [1.29, 1.82) is 0 Å². The number of aliphatic hydroxyl groups is 1. The molecule has 0 radical (unpaired) electrons. The molecule has 3 nitrogen and oxygen atoms in total. The molecule has 0 amide bonds. The van der Waals surface area contributed by atoms with Crippen molar-refractivity contribution in [1.82, 2.24) is 9.55 Å². The van der Waals surface area contributed by atoms with Crippen LogP contribution in [0.25, 0.3) is 11.3 Å². The van der Waals surface area contributed by atoms with Crippen LogP contribution in [0.3, 0.4) is 0 Å². The molecule has 0 aliphatic rings. The summed E-state index contributed by atoms with van der Waals surface area (Å²) in [6.07, 6.45) is 3.47. The monoisotopic (exact) mass is 292 g/mol. The van der Waals surface area contributed by atoms with Gasteiger partial charge in [0.15, 0.2) is 0 Å². The quantitative estimate of drug-likeness (QED) is 0.755. The van der Waals surface area contributed by atoms with Crippen LogP contribution in [-0.4, -0.2) is 21.3 Å². The van der Waals surface area contributed by atoms with Gasteiger partial charge in [-0.1, -0.05) is 60.7 Å². The fourth-order valence-corrected chi connectivity index (χ4v) is 2.65. The summed E-state index contributed by atoms with van der Waals surface area (Å²) >= 11 is 0. The minimum Gasteiger partial charge on any atom is -0.396 e. The molecule has 0 saturated heterocycles. The molecule has 0 fully saturated rings. The van der Waals surface area contributed by atoms with Crippen LogP contribution in [0.5, 0.6) is 0 Å². The van der Waals surface area contributed by atoms with E-state index in [2.05, 4.69) is 45.9 Å². The first-order chi connectivity index (χ1) is 10.9. The van der Waals surface area contributed by atoms with Crippen LogP contribution in [0.1, 0.15) is 17.7 Å². The van der Waals surface area contributed by atoms with Crippen LogP contribution in [0.2, 0.25) is 0 Å². The van der Waals surface area contributed by atoms with Gasteiger partial charge in [0, 0.05) is 30.8 Å². The molecule has 22 heavy (non-hydrogen) atoms. The maximum absolute atomic E-state index is 9.10. The number of rotatable bonds is 6. The lowest BCUT2D eigenvalue weighted by molar-refractivity contribution is 0.279. The number of hydrogen-bond acceptors (Lipinski definition) is 2. The van der Waals surface area contributed by atoms with Gasteiger partial charge in [0.2, 0.25) is 0 Å². The van der Waals surface area contributed by atoms with Crippen molar-refractivity contribution >= 4 is 0 Å². The molecule has 3 heteroatoms. The second-order valence-electron chi connectivity index (χ2n) is 5.34. The Labute approximate surface area is 130 Å². The molecule has 0 bridgehead atoms. The molecule has 0 aliphatic carbocycles. The SMILES string of the molecule is OCCCn1cnc(-c2ccccc2)c1Cc1ccccc1. The number of hydrogen-bond donors (Lipinski definition) is 1. The molecular formula is C19H20N2O. The van der Waals surface area contributed by atoms with E-state index in [1.807, 2.05) is 30.6 Å². The molecule has 0 spiro atoms. The number of aromatic nitrogens is 2. The van der Waals surface area contributed by atoms with Crippen molar-refractivity contribution in [3.05, 3.63) is 78.2 Å². The second-order valence-corrected chi connectivity index (χ2v) is 5.34. The minimum atomic E-state index is 0.198. The Kier molecular flexibility index (Phi) is 4.66. The van der Waals surface area contributed by atoms with E-state index in [1.54, 1.807) is 0 Å². The predicted molar refractivity (Wildman–Crippen MR) is 88.6 cm³/mol. The average molecular weight is 292 g/mol. The van der Waals surface area contributed by atoms with Crippen molar-refractivity contribution in [3.8, 4) is 11.3 Å². The van der Waals surface area contributed by atoms with Crippen LogP contribution in [0, 0.1) is 0 Å². The lowest BCUT2D eigenvalue weighted by Crippen LogP contribution is -2.05. The third kappa shape index (κ3) is 3.26. The molecule has 0 saturated carbocycles. The minimum absolute atomic E-state index is 0.198. The van der Waals surface area contributed by atoms with Gasteiger partial charge in [-0.05, 0) is 12.0 Å². The maximum Gasteiger partial charge on any atom is 0.0956 e. The normalized spacial score (nSPS) is 10.8. The number of benzene rings is 2. The number of aryl methyl sites for hydroxylation is 1. The summed E-state index contributed by atoms with van der Waals surface area (Å²) in [7, 11) is 0. The highest BCUT2D eigenvalue weighted by Gasteiger charge is 2.13. The van der Waals surface area contributed by atoms with Gasteiger partial charge in [0.25, 0.3) is 0 Å². The predicted octanol–water partition coefficient (Wildman–Crippen LogP) is 3.52. The van der Waals surface area contributed by atoms with Crippen LogP contribution >= 0.6 is 0 Å². The number of nitrogens with zero attached hydrogens (tertiary/aromatic N) is 2. The Bertz CT molecular complexity index is 705. The summed E-state index contributed by atoms with van der Waals surface area (Å²) in [5.74, 6) is 0.